The molecule has 5 heterocycles. The second-order valence-corrected chi connectivity index (χ2v) is 10.1. The van der Waals surface area contributed by atoms with Gasteiger partial charge in [0.2, 0.25) is 5.91 Å². The lowest BCUT2D eigenvalue weighted by molar-refractivity contribution is -0.136. The topological polar surface area (TPSA) is 93.2 Å². The number of carbonyl (C=O) groups excluding carboxylic acids is 1. The van der Waals surface area contributed by atoms with E-state index in [1.165, 1.54) is 0 Å². The molecule has 174 valence electrons. The maximum atomic E-state index is 12.3. The summed E-state index contributed by atoms with van der Waals surface area (Å²) in [5.41, 5.74) is 10.0. The van der Waals surface area contributed by atoms with Gasteiger partial charge in [-0.15, -0.1) is 11.3 Å². The van der Waals surface area contributed by atoms with Gasteiger partial charge in [-0.25, -0.2) is 9.97 Å². The van der Waals surface area contributed by atoms with E-state index in [0.717, 1.165) is 77.4 Å². The quantitative estimate of drug-likeness (QED) is 0.475. The zero-order chi connectivity index (χ0) is 23.1. The van der Waals surface area contributed by atoms with Crippen LogP contribution >= 0.6 is 11.3 Å². The Morgan fingerprint density at radius 1 is 1.09 bits per heavy atom. The van der Waals surface area contributed by atoms with Gasteiger partial charge in [0.05, 0.1) is 34.6 Å². The average molecular weight is 474 g/mol. The fourth-order valence-corrected chi connectivity index (χ4v) is 5.67. The smallest absolute Gasteiger partial charge is 0.236 e. The summed E-state index contributed by atoms with van der Waals surface area (Å²) in [5, 5.41) is 5.54. The van der Waals surface area contributed by atoms with Crippen LogP contribution in [0, 0.1) is 0 Å². The van der Waals surface area contributed by atoms with Crippen LogP contribution in [0.2, 0.25) is 0 Å². The lowest BCUT2D eigenvalue weighted by Gasteiger charge is -2.36. The number of nitrogens with zero attached hydrogens (tertiary/aromatic N) is 6. The summed E-state index contributed by atoms with van der Waals surface area (Å²) in [6.07, 6.45) is 8.92. The molecule has 6 rings (SSSR count). The highest BCUT2D eigenvalue weighted by molar-refractivity contribution is 7.21. The standard InChI is InChI=1S/C25H27N7OS/c26-24-20(25-29-21-4-1-2-5-22(21)34-25)12-17(13-27-24)18-14-28-32(15-18)19-6-10-30(11-7-19)16-23(33)31-8-3-9-31/h1-2,4-5,12-15,19H,3,6-11,16H2,(H2,26,27). The first-order chi connectivity index (χ1) is 16.6. The molecule has 2 fully saturated rings. The average Bonchev–Trinajstić information content (AvgIpc) is 3.46. The summed E-state index contributed by atoms with van der Waals surface area (Å²) in [6, 6.07) is 10.5. The maximum Gasteiger partial charge on any atom is 0.236 e. The lowest BCUT2D eigenvalue weighted by Crippen LogP contribution is -2.48. The van der Waals surface area contributed by atoms with E-state index in [-0.39, 0.29) is 5.91 Å². The minimum Gasteiger partial charge on any atom is -0.383 e. The number of aromatic nitrogens is 4. The third kappa shape index (κ3) is 4.05. The van der Waals surface area contributed by atoms with Crippen molar-refractivity contribution in [1.29, 1.82) is 0 Å². The van der Waals surface area contributed by atoms with Crippen LogP contribution in [0.15, 0.2) is 48.9 Å². The molecule has 0 atom stereocenters. The molecule has 34 heavy (non-hydrogen) atoms. The third-order valence-electron chi connectivity index (χ3n) is 6.88. The first-order valence-electron chi connectivity index (χ1n) is 11.8. The SMILES string of the molecule is Nc1ncc(-c2cnn(C3CCN(CC(=O)N4CCC4)CC3)c2)cc1-c1nc2ccccc2s1. The van der Waals surface area contributed by atoms with Crippen molar-refractivity contribution in [2.45, 2.75) is 25.3 Å². The van der Waals surface area contributed by atoms with Crippen LogP contribution in [0.1, 0.15) is 25.3 Å². The number of hydrogen-bond acceptors (Lipinski definition) is 7. The first kappa shape index (κ1) is 21.2. The predicted molar refractivity (Wildman–Crippen MR) is 134 cm³/mol. The Bertz CT molecular complexity index is 1300. The van der Waals surface area contributed by atoms with Crippen molar-refractivity contribution in [3.63, 3.8) is 0 Å². The number of nitrogens with two attached hydrogens (primary N) is 1. The second kappa shape index (κ2) is 8.81. The van der Waals surface area contributed by atoms with Gasteiger partial charge >= 0.3 is 0 Å². The highest BCUT2D eigenvalue weighted by Gasteiger charge is 2.26. The minimum absolute atomic E-state index is 0.269. The molecule has 0 radical (unpaired) electrons. The fourth-order valence-electron chi connectivity index (χ4n) is 4.68. The molecule has 4 aromatic rings. The molecule has 0 saturated carbocycles. The Hall–Kier alpha value is -3.30. The number of para-hydroxylation sites is 1. The highest BCUT2D eigenvalue weighted by atomic mass is 32.1. The molecule has 3 aromatic heterocycles. The molecule has 1 amide bonds. The van der Waals surface area contributed by atoms with Crippen molar-refractivity contribution in [1.82, 2.24) is 29.5 Å². The molecule has 0 aliphatic carbocycles. The summed E-state index contributed by atoms with van der Waals surface area (Å²) < 4.78 is 3.20. The number of thiazole rings is 1. The lowest BCUT2D eigenvalue weighted by atomic mass is 10.0. The fraction of sp³-hybridized carbons (Fsp3) is 0.360. The first-order valence-corrected chi connectivity index (χ1v) is 12.6. The summed E-state index contributed by atoms with van der Waals surface area (Å²) >= 11 is 1.62. The van der Waals surface area contributed by atoms with Crippen molar-refractivity contribution in [3.8, 4) is 21.7 Å². The van der Waals surface area contributed by atoms with E-state index in [1.54, 1.807) is 17.5 Å². The van der Waals surface area contributed by atoms with E-state index in [9.17, 15) is 4.79 Å². The van der Waals surface area contributed by atoms with Gasteiger partial charge in [0, 0.05) is 49.7 Å². The van der Waals surface area contributed by atoms with Gasteiger partial charge in [-0.3, -0.25) is 14.4 Å². The van der Waals surface area contributed by atoms with Gasteiger partial charge in [0.15, 0.2) is 0 Å². The van der Waals surface area contributed by atoms with Crippen LogP contribution in [0.5, 0.6) is 0 Å². The molecule has 9 heteroatoms. The van der Waals surface area contributed by atoms with E-state index >= 15 is 0 Å². The molecule has 0 unspecified atom stereocenters. The van der Waals surface area contributed by atoms with E-state index in [1.807, 2.05) is 29.3 Å². The van der Waals surface area contributed by atoms with Crippen molar-refractivity contribution in [3.05, 3.63) is 48.9 Å². The molecule has 2 saturated heterocycles. The number of amides is 1. The summed E-state index contributed by atoms with van der Waals surface area (Å²) in [6.45, 7) is 4.23. The molecule has 0 bridgehead atoms. The molecule has 0 spiro atoms. The zero-order valence-corrected chi connectivity index (χ0v) is 19.7. The Labute approximate surface area is 202 Å². The van der Waals surface area contributed by atoms with Gasteiger partial charge in [-0.2, -0.15) is 5.10 Å². The number of rotatable bonds is 5. The zero-order valence-electron chi connectivity index (χ0n) is 18.9. The van der Waals surface area contributed by atoms with Gasteiger partial charge < -0.3 is 10.6 Å². The van der Waals surface area contributed by atoms with E-state index in [2.05, 4.69) is 38.0 Å². The van der Waals surface area contributed by atoms with E-state index in [0.29, 0.717) is 18.4 Å². The Morgan fingerprint density at radius 2 is 1.91 bits per heavy atom. The molecule has 2 aliphatic rings. The Balaban J connectivity index is 1.16. The van der Waals surface area contributed by atoms with Gasteiger partial charge in [0.25, 0.3) is 0 Å². The summed E-state index contributed by atoms with van der Waals surface area (Å²) in [7, 11) is 0. The Morgan fingerprint density at radius 3 is 2.68 bits per heavy atom. The molecule has 1 aromatic carbocycles. The summed E-state index contributed by atoms with van der Waals surface area (Å²) in [5.74, 6) is 0.751. The molecular formula is C25H27N7OS. The van der Waals surface area contributed by atoms with Gasteiger partial charge in [-0.1, -0.05) is 12.1 Å². The second-order valence-electron chi connectivity index (χ2n) is 9.09. The van der Waals surface area contributed by atoms with Crippen LogP contribution < -0.4 is 5.73 Å². The van der Waals surface area contributed by atoms with Crippen LogP contribution in [0.4, 0.5) is 5.82 Å². The monoisotopic (exact) mass is 473 g/mol. The number of benzene rings is 1. The number of pyridine rings is 1. The third-order valence-corrected chi connectivity index (χ3v) is 7.95. The van der Waals surface area contributed by atoms with E-state index in [4.69, 9.17) is 10.7 Å². The van der Waals surface area contributed by atoms with Crippen molar-refractivity contribution in [2.75, 3.05) is 38.5 Å². The van der Waals surface area contributed by atoms with Crippen LogP contribution in [0.3, 0.4) is 0 Å². The number of fused-ring (bicyclic) bond motifs is 1. The van der Waals surface area contributed by atoms with Gasteiger partial charge in [0.1, 0.15) is 10.8 Å². The molecule has 2 aliphatic heterocycles. The number of likely N-dealkylation sites (tertiary alicyclic amines) is 2. The van der Waals surface area contributed by atoms with Crippen LogP contribution in [-0.2, 0) is 4.79 Å². The number of piperidine rings is 1. The van der Waals surface area contributed by atoms with Crippen LogP contribution in [-0.4, -0.2) is 68.2 Å². The largest absolute Gasteiger partial charge is 0.383 e. The van der Waals surface area contributed by atoms with E-state index < -0.39 is 0 Å². The van der Waals surface area contributed by atoms with Gasteiger partial charge in [-0.05, 0) is 37.5 Å². The molecular weight excluding hydrogens is 446 g/mol. The van der Waals surface area contributed by atoms with Crippen molar-refractivity contribution < 1.29 is 4.79 Å². The Kier molecular flexibility index (Phi) is 5.50. The van der Waals surface area contributed by atoms with Crippen molar-refractivity contribution >= 4 is 33.3 Å². The summed E-state index contributed by atoms with van der Waals surface area (Å²) in [4.78, 5) is 25.7. The normalized spacial score (nSPS) is 17.2. The minimum atomic E-state index is 0.269. The number of nitrogen functional groups attached to an aromatic ring is 1. The number of anilines is 1. The maximum absolute atomic E-state index is 12.3. The number of carbonyl (C=O) groups is 1. The van der Waals surface area contributed by atoms with Crippen molar-refractivity contribution in [2.24, 2.45) is 0 Å². The predicted octanol–water partition coefficient (Wildman–Crippen LogP) is 3.67. The number of hydrogen-bond donors (Lipinski definition) is 1. The van der Waals surface area contributed by atoms with Crippen LogP contribution in [0.25, 0.3) is 31.9 Å². The highest BCUT2D eigenvalue weighted by Crippen LogP contribution is 2.35. The molecule has 2 N–H and O–H groups in total. The molecule has 8 nitrogen and oxygen atoms in total.